The molecule has 1 aromatic heterocycles. The van der Waals surface area contributed by atoms with Gasteiger partial charge in [0.1, 0.15) is 22.9 Å². The smallest absolute Gasteiger partial charge is 0.281 e. The number of nitrogens with zero attached hydrogens (tertiary/aromatic N) is 1. The van der Waals surface area contributed by atoms with Crippen LogP contribution in [0.25, 0.3) is 33.4 Å². The van der Waals surface area contributed by atoms with E-state index in [1.54, 1.807) is 30.3 Å². The fourth-order valence-corrected chi connectivity index (χ4v) is 3.52. The number of carbonyl (C=O) groups excluding carboxylic acids is 1. The molecule has 4 aromatic rings. The van der Waals surface area contributed by atoms with Gasteiger partial charge in [-0.2, -0.15) is 0 Å². The molecule has 1 N–H and O–H groups in total. The molecule has 4 rings (SSSR count). The van der Waals surface area contributed by atoms with Gasteiger partial charge in [0.15, 0.2) is 0 Å². The highest BCUT2D eigenvalue weighted by Crippen LogP contribution is 2.42. The van der Waals surface area contributed by atoms with E-state index in [1.807, 2.05) is 0 Å². The van der Waals surface area contributed by atoms with E-state index in [2.05, 4.69) is 5.32 Å². The lowest BCUT2D eigenvalue weighted by Crippen LogP contribution is -2.18. The summed E-state index contributed by atoms with van der Waals surface area (Å²) in [5, 5.41) is 14.8. The van der Waals surface area contributed by atoms with E-state index in [0.717, 1.165) is 0 Å². The zero-order valence-electron chi connectivity index (χ0n) is 16.6. The van der Waals surface area contributed by atoms with Crippen molar-refractivity contribution in [3.63, 3.8) is 0 Å². The Morgan fingerprint density at radius 1 is 1.10 bits per heavy atom. The Bertz CT molecular complexity index is 1310. The summed E-state index contributed by atoms with van der Waals surface area (Å²) in [6, 6.07) is 15.2. The second-order valence-electron chi connectivity index (χ2n) is 6.72. The van der Waals surface area contributed by atoms with Crippen molar-refractivity contribution in [2.45, 2.75) is 0 Å². The summed E-state index contributed by atoms with van der Waals surface area (Å²) in [5.74, 6) is -0.220. The number of nitrogens with one attached hydrogen (secondary N) is 1. The Morgan fingerprint density at radius 2 is 1.81 bits per heavy atom. The third-order valence-corrected chi connectivity index (χ3v) is 4.96. The summed E-state index contributed by atoms with van der Waals surface area (Å²) in [7, 11) is 2.95. The number of benzene rings is 3. The van der Waals surface area contributed by atoms with E-state index in [9.17, 15) is 19.3 Å². The summed E-state index contributed by atoms with van der Waals surface area (Å²) < 4.78 is 24.6. The minimum absolute atomic E-state index is 0.170. The molecule has 0 aliphatic heterocycles. The largest absolute Gasteiger partial charge is 0.496 e. The van der Waals surface area contributed by atoms with Crippen molar-refractivity contribution < 1.29 is 23.3 Å². The van der Waals surface area contributed by atoms with Crippen LogP contribution >= 0.6 is 0 Å². The second kappa shape index (κ2) is 7.91. The number of rotatable bonds is 5. The third kappa shape index (κ3) is 3.48. The van der Waals surface area contributed by atoms with Crippen LogP contribution in [0.1, 0.15) is 10.4 Å². The maximum absolute atomic E-state index is 13.4. The van der Waals surface area contributed by atoms with Crippen LogP contribution in [0.15, 0.2) is 65.1 Å². The maximum Gasteiger partial charge on any atom is 0.281 e. The number of amides is 1. The van der Waals surface area contributed by atoms with Crippen LogP contribution in [0, 0.1) is 15.9 Å². The average Bonchev–Trinajstić information content (AvgIpc) is 3.16. The Labute approximate surface area is 176 Å². The van der Waals surface area contributed by atoms with Gasteiger partial charge in [0, 0.05) is 23.6 Å². The fourth-order valence-electron chi connectivity index (χ4n) is 3.52. The van der Waals surface area contributed by atoms with Gasteiger partial charge in [0.2, 0.25) is 0 Å². The van der Waals surface area contributed by atoms with Crippen LogP contribution in [0.5, 0.6) is 5.75 Å². The van der Waals surface area contributed by atoms with Gasteiger partial charge in [-0.15, -0.1) is 0 Å². The minimum Gasteiger partial charge on any atom is -0.496 e. The van der Waals surface area contributed by atoms with Crippen LogP contribution in [0.4, 0.5) is 10.1 Å². The Hall–Kier alpha value is -4.20. The molecule has 7 nitrogen and oxygen atoms in total. The molecule has 0 atom stereocenters. The predicted molar refractivity (Wildman–Crippen MR) is 114 cm³/mol. The molecule has 1 amide bonds. The third-order valence-electron chi connectivity index (χ3n) is 4.96. The molecule has 1 heterocycles. The molecule has 0 saturated carbocycles. The molecule has 31 heavy (non-hydrogen) atoms. The number of carbonyl (C=O) groups is 1. The predicted octanol–water partition coefficient (Wildman–Crippen LogP) is 5.18. The van der Waals surface area contributed by atoms with Crippen molar-refractivity contribution in [2.75, 3.05) is 14.2 Å². The normalized spacial score (nSPS) is 10.8. The number of hydrogen-bond acceptors (Lipinski definition) is 5. The quantitative estimate of drug-likeness (QED) is 0.354. The second-order valence-corrected chi connectivity index (χ2v) is 6.72. The Morgan fingerprint density at radius 3 is 2.45 bits per heavy atom. The van der Waals surface area contributed by atoms with E-state index in [-0.39, 0.29) is 28.2 Å². The lowest BCUT2D eigenvalue weighted by Gasteiger charge is -2.09. The highest BCUT2D eigenvalue weighted by molar-refractivity contribution is 6.12. The molecular weight excluding hydrogens is 403 g/mol. The molecule has 0 aliphatic carbocycles. The average molecular weight is 420 g/mol. The Balaban J connectivity index is 2.07. The first-order valence-electron chi connectivity index (χ1n) is 9.31. The molecule has 0 bridgehead atoms. The molecule has 156 valence electrons. The summed E-state index contributed by atoms with van der Waals surface area (Å²) >= 11 is 0. The van der Waals surface area contributed by atoms with Crippen molar-refractivity contribution in [2.24, 2.45) is 0 Å². The number of furan rings is 1. The zero-order valence-corrected chi connectivity index (χ0v) is 16.6. The molecule has 3 aromatic carbocycles. The van der Waals surface area contributed by atoms with Crippen molar-refractivity contribution in [1.29, 1.82) is 0 Å². The number of ether oxygens (including phenoxy) is 1. The fraction of sp³-hybridized carbons (Fsp3) is 0.0870. The van der Waals surface area contributed by atoms with E-state index < -0.39 is 16.6 Å². The number of halogens is 1. The van der Waals surface area contributed by atoms with Crippen LogP contribution in [0.3, 0.4) is 0 Å². The van der Waals surface area contributed by atoms with Gasteiger partial charge in [-0.3, -0.25) is 14.9 Å². The zero-order chi connectivity index (χ0) is 22.1. The number of para-hydroxylation sites is 1. The highest BCUT2D eigenvalue weighted by atomic mass is 19.1. The van der Waals surface area contributed by atoms with Gasteiger partial charge in [-0.05, 0) is 36.4 Å². The molecule has 0 aliphatic rings. The Kier molecular flexibility index (Phi) is 5.12. The SMILES string of the molecule is CNC(=O)c1c(-c2ccc(F)cc2)oc2cc([N+](=O)[O-])c(-c3ccccc3OC)cc12. The summed E-state index contributed by atoms with van der Waals surface area (Å²) in [5.41, 5.74) is 1.44. The van der Waals surface area contributed by atoms with E-state index >= 15 is 0 Å². The summed E-state index contributed by atoms with van der Waals surface area (Å²) in [6.07, 6.45) is 0. The van der Waals surface area contributed by atoms with Gasteiger partial charge >= 0.3 is 0 Å². The number of methoxy groups -OCH3 is 1. The van der Waals surface area contributed by atoms with Gasteiger partial charge < -0.3 is 14.5 Å². The standard InChI is InChI=1S/C23H17FN2O5/c1-25-23(27)21-17-11-16(15-5-3-4-6-19(15)30-2)18(26(28)29)12-20(17)31-22(21)13-7-9-14(24)10-8-13/h3-12H,1-2H3,(H,25,27). The number of hydrogen-bond donors (Lipinski definition) is 1. The highest BCUT2D eigenvalue weighted by Gasteiger charge is 2.27. The molecular formula is C23H17FN2O5. The first-order chi connectivity index (χ1) is 14.9. The van der Waals surface area contributed by atoms with Crippen molar-refractivity contribution in [1.82, 2.24) is 5.32 Å². The van der Waals surface area contributed by atoms with Gasteiger partial charge in [-0.1, -0.05) is 18.2 Å². The van der Waals surface area contributed by atoms with Crippen molar-refractivity contribution >= 4 is 22.6 Å². The van der Waals surface area contributed by atoms with E-state index in [0.29, 0.717) is 22.3 Å². The summed E-state index contributed by atoms with van der Waals surface area (Å²) in [4.78, 5) is 24.1. The molecule has 0 unspecified atom stereocenters. The monoisotopic (exact) mass is 420 g/mol. The molecule has 0 fully saturated rings. The molecule has 0 radical (unpaired) electrons. The van der Waals surface area contributed by atoms with Crippen LogP contribution < -0.4 is 10.1 Å². The van der Waals surface area contributed by atoms with Crippen molar-refractivity contribution in [3.8, 4) is 28.2 Å². The molecule has 0 saturated heterocycles. The number of nitro groups is 1. The number of nitro benzene ring substituents is 1. The van der Waals surface area contributed by atoms with Crippen molar-refractivity contribution in [3.05, 3.63) is 82.2 Å². The van der Waals surface area contributed by atoms with E-state index in [1.165, 1.54) is 44.5 Å². The first kappa shape index (κ1) is 20.1. The lowest BCUT2D eigenvalue weighted by atomic mass is 9.98. The van der Waals surface area contributed by atoms with Gasteiger partial charge in [0.05, 0.1) is 29.2 Å². The molecule has 8 heteroatoms. The van der Waals surface area contributed by atoms with Crippen LogP contribution in [-0.2, 0) is 0 Å². The van der Waals surface area contributed by atoms with E-state index in [4.69, 9.17) is 9.15 Å². The first-order valence-corrected chi connectivity index (χ1v) is 9.31. The van der Waals surface area contributed by atoms with Gasteiger partial charge in [0.25, 0.3) is 11.6 Å². The van der Waals surface area contributed by atoms with Crippen LogP contribution in [-0.4, -0.2) is 25.0 Å². The lowest BCUT2D eigenvalue weighted by molar-refractivity contribution is -0.384. The van der Waals surface area contributed by atoms with Crippen LogP contribution in [0.2, 0.25) is 0 Å². The maximum atomic E-state index is 13.4. The molecule has 0 spiro atoms. The number of fused-ring (bicyclic) bond motifs is 1. The van der Waals surface area contributed by atoms with Gasteiger partial charge in [-0.25, -0.2) is 4.39 Å². The minimum atomic E-state index is -0.513. The summed E-state index contributed by atoms with van der Waals surface area (Å²) in [6.45, 7) is 0. The topological polar surface area (TPSA) is 94.6 Å².